The molecule has 0 fully saturated rings. The van der Waals surface area contributed by atoms with E-state index < -0.39 is 0 Å². The molecule has 74 valence electrons. The maximum Gasteiger partial charge on any atom is 1.00 e. The fraction of sp³-hybridized carbons (Fsp3) is 0.889. The Hall–Kier alpha value is 1.88. The van der Waals surface area contributed by atoms with Gasteiger partial charge in [0.05, 0.1) is 0 Å². The molecule has 1 N–H and O–H groups in total. The quantitative estimate of drug-likeness (QED) is 0.411. The van der Waals surface area contributed by atoms with E-state index in [4.69, 9.17) is 12.2 Å². The maximum atomic E-state index is 5.13. The van der Waals surface area contributed by atoms with Crippen molar-refractivity contribution in [3.63, 3.8) is 0 Å². The van der Waals surface area contributed by atoms with E-state index in [-0.39, 0.29) is 52.8 Å². The Morgan fingerprint density at radius 1 is 1.31 bits per heavy atom. The van der Waals surface area contributed by atoms with Crippen molar-refractivity contribution in [1.29, 1.82) is 0 Å². The van der Waals surface area contributed by atoms with Crippen LogP contribution in [-0.2, 0) is 0 Å². The summed E-state index contributed by atoms with van der Waals surface area (Å²) in [4.78, 5) is 0. The molecule has 1 nitrogen and oxygen atoms in total. The molecule has 0 aliphatic heterocycles. The van der Waals surface area contributed by atoms with Gasteiger partial charge in [-0.3, -0.25) is 0 Å². The zero-order valence-corrected chi connectivity index (χ0v) is 13.8. The van der Waals surface area contributed by atoms with Gasteiger partial charge in [0.1, 0.15) is 4.32 Å². The predicted octanol–water partition coefficient (Wildman–Crippen LogP) is 0.311. The smallest absolute Gasteiger partial charge is 1.00 e. The van der Waals surface area contributed by atoms with Crippen molar-refractivity contribution < 1.29 is 52.8 Å². The Bertz CT molecular complexity index is 113. The average Bonchev–Trinajstić information content (AvgIpc) is 2.06. The topological polar surface area (TPSA) is 12.0 Å². The predicted molar refractivity (Wildman–Crippen MR) is 64.0 cm³/mol. The Balaban J connectivity index is -0.000000605. The monoisotopic (exact) mass is 245 g/mol. The van der Waals surface area contributed by atoms with Gasteiger partial charge < -0.3 is 6.74 Å². The zero-order chi connectivity index (χ0) is 9.23. The van der Waals surface area contributed by atoms with Gasteiger partial charge in [0.2, 0.25) is 0 Å². The summed E-state index contributed by atoms with van der Waals surface area (Å²) in [6.45, 7) is 5.43. The van der Waals surface area contributed by atoms with Gasteiger partial charge in [-0.25, -0.2) is 0 Å². The molecule has 0 amide bonds. The number of hydrogen-bond donors (Lipinski definition) is 1. The molecule has 0 aromatic heterocycles. The number of thioether (sulfide) groups is 1. The zero-order valence-electron chi connectivity index (χ0n) is 10.1. The van der Waals surface area contributed by atoms with Crippen LogP contribution < -0.4 is 56.7 Å². The van der Waals surface area contributed by atoms with Gasteiger partial charge in [0.25, 0.3) is 0 Å². The number of rotatable bonds is 6. The molecular weight excluding hydrogens is 225 g/mol. The van der Waals surface area contributed by atoms with E-state index in [0.29, 0.717) is 0 Å². The van der Waals surface area contributed by atoms with Gasteiger partial charge in [-0.2, -0.15) is 0 Å². The van der Waals surface area contributed by atoms with E-state index in [9.17, 15) is 0 Å². The number of unbranched alkanes of at least 4 members (excludes halogenated alkanes) is 2. The molecule has 0 unspecified atom stereocenters. The molecule has 0 aromatic carbocycles. The summed E-state index contributed by atoms with van der Waals surface area (Å²) >= 11 is 6.90. The second-order valence-electron chi connectivity index (χ2n) is 2.77. The molecule has 13 heavy (non-hydrogen) atoms. The summed E-state index contributed by atoms with van der Waals surface area (Å²) in [5.41, 5.74) is 0. The molecule has 0 aromatic rings. The number of nitrogens with one attached hydrogen (secondary N) is 1. The normalized spacial score (nSPS) is 9.08. The Morgan fingerprint density at radius 3 is 2.46 bits per heavy atom. The van der Waals surface area contributed by atoms with E-state index in [2.05, 4.69) is 19.2 Å². The second kappa shape index (κ2) is 13.9. The third kappa shape index (κ3) is 13.9. The summed E-state index contributed by atoms with van der Waals surface area (Å²) in [5, 5.41) is 3.24. The molecule has 0 bridgehead atoms. The van der Waals surface area contributed by atoms with Crippen LogP contribution in [0.3, 0.4) is 0 Å². The molecular formula is C9H20KNS2. The van der Waals surface area contributed by atoms with Gasteiger partial charge in [0.15, 0.2) is 0 Å². The molecule has 0 heterocycles. The van der Waals surface area contributed by atoms with Gasteiger partial charge in [-0.05, 0) is 12.8 Å². The first kappa shape index (κ1) is 17.3. The Labute approximate surface area is 136 Å². The van der Waals surface area contributed by atoms with Crippen molar-refractivity contribution in [3.8, 4) is 0 Å². The van der Waals surface area contributed by atoms with Crippen LogP contribution in [-0.4, -0.2) is 16.6 Å². The fourth-order valence-electron chi connectivity index (χ4n) is 0.727. The maximum absolute atomic E-state index is 5.13. The van der Waals surface area contributed by atoms with E-state index in [1.165, 1.54) is 25.7 Å². The number of thiocarbonyl (C=S) groups is 1. The van der Waals surface area contributed by atoms with Gasteiger partial charge in [0, 0.05) is 12.3 Å². The van der Waals surface area contributed by atoms with E-state index in [0.717, 1.165) is 16.6 Å². The molecule has 0 atom stereocenters. The standard InChI is InChI=1S/C9H19NS2.K.H/c1-3-5-7-10-9(11)12-8-6-4-2;;/h3-8H2,1-2H3,(H,10,11);;/q;+1;-1. The average molecular weight is 245 g/mol. The van der Waals surface area contributed by atoms with Crippen LogP contribution in [0.15, 0.2) is 0 Å². The third-order valence-corrected chi connectivity index (χ3v) is 2.93. The van der Waals surface area contributed by atoms with Crippen LogP contribution in [0, 0.1) is 0 Å². The second-order valence-corrected chi connectivity index (χ2v) is 4.54. The van der Waals surface area contributed by atoms with E-state index in [1.807, 2.05) is 0 Å². The summed E-state index contributed by atoms with van der Waals surface area (Å²) in [7, 11) is 0. The minimum atomic E-state index is 0. The van der Waals surface area contributed by atoms with Crippen LogP contribution in [0.5, 0.6) is 0 Å². The van der Waals surface area contributed by atoms with Crippen molar-refractivity contribution in [2.24, 2.45) is 0 Å². The minimum absolute atomic E-state index is 0. The Morgan fingerprint density at radius 2 is 1.92 bits per heavy atom. The summed E-state index contributed by atoms with van der Waals surface area (Å²) in [6, 6.07) is 0. The van der Waals surface area contributed by atoms with Gasteiger partial charge in [-0.15, -0.1) is 0 Å². The molecule has 0 aliphatic carbocycles. The first-order valence-corrected chi connectivity index (χ1v) is 6.11. The third-order valence-electron chi connectivity index (χ3n) is 1.53. The Kier molecular flexibility index (Phi) is 18.4. The molecule has 4 heteroatoms. The summed E-state index contributed by atoms with van der Waals surface area (Å²) in [5.74, 6) is 1.16. The fourth-order valence-corrected chi connectivity index (χ4v) is 1.90. The largest absolute Gasteiger partial charge is 1.00 e. The van der Waals surface area contributed by atoms with Crippen LogP contribution in [0.4, 0.5) is 0 Å². The van der Waals surface area contributed by atoms with Crippen molar-refractivity contribution >= 4 is 28.3 Å². The first-order chi connectivity index (χ1) is 5.81. The molecule has 0 spiro atoms. The van der Waals surface area contributed by atoms with Crippen LogP contribution in [0.2, 0.25) is 0 Å². The van der Waals surface area contributed by atoms with Crippen LogP contribution >= 0.6 is 24.0 Å². The van der Waals surface area contributed by atoms with E-state index >= 15 is 0 Å². The van der Waals surface area contributed by atoms with Crippen molar-refractivity contribution in [2.75, 3.05) is 12.3 Å². The van der Waals surface area contributed by atoms with Crippen molar-refractivity contribution in [3.05, 3.63) is 0 Å². The van der Waals surface area contributed by atoms with Crippen LogP contribution in [0.1, 0.15) is 41.0 Å². The summed E-state index contributed by atoms with van der Waals surface area (Å²) in [6.07, 6.45) is 4.97. The van der Waals surface area contributed by atoms with E-state index in [1.54, 1.807) is 11.8 Å². The van der Waals surface area contributed by atoms with Crippen molar-refractivity contribution in [1.82, 2.24) is 5.32 Å². The molecule has 0 saturated carbocycles. The van der Waals surface area contributed by atoms with Gasteiger partial charge in [-0.1, -0.05) is 50.7 Å². The molecule has 0 rings (SSSR count). The van der Waals surface area contributed by atoms with Gasteiger partial charge >= 0.3 is 51.4 Å². The number of hydrogen-bond acceptors (Lipinski definition) is 2. The first-order valence-electron chi connectivity index (χ1n) is 4.71. The molecule has 0 radical (unpaired) electrons. The molecule has 0 aliphatic rings. The summed E-state index contributed by atoms with van der Waals surface area (Å²) < 4.78 is 0.969. The van der Waals surface area contributed by atoms with Crippen LogP contribution in [0.25, 0.3) is 0 Å². The van der Waals surface area contributed by atoms with Crippen molar-refractivity contribution in [2.45, 2.75) is 39.5 Å². The minimum Gasteiger partial charge on any atom is -1.00 e. The molecule has 0 saturated heterocycles. The SMILES string of the molecule is CCCCNC(=S)SCCCC.[H-].[K+].